The zero-order valence-electron chi connectivity index (χ0n) is 8.87. The summed E-state index contributed by atoms with van der Waals surface area (Å²) in [5, 5.41) is 10.8. The van der Waals surface area contributed by atoms with E-state index in [4.69, 9.17) is 5.11 Å². The third-order valence-electron chi connectivity index (χ3n) is 2.04. The molecule has 1 rings (SSSR count). The van der Waals surface area contributed by atoms with Crippen LogP contribution in [0, 0.1) is 5.82 Å². The van der Waals surface area contributed by atoms with Gasteiger partial charge in [0, 0.05) is 11.0 Å². The van der Waals surface area contributed by atoms with Crippen molar-refractivity contribution < 1.29 is 19.1 Å². The molecule has 0 radical (unpaired) electrons. The summed E-state index contributed by atoms with van der Waals surface area (Å²) in [7, 11) is 0. The second-order valence-corrected chi connectivity index (χ2v) is 4.32. The maximum Gasteiger partial charge on any atom is 0.312 e. The van der Waals surface area contributed by atoms with Gasteiger partial charge in [0.1, 0.15) is 12.2 Å². The zero-order chi connectivity index (χ0) is 12.8. The lowest BCUT2D eigenvalue weighted by molar-refractivity contribution is -0.140. The van der Waals surface area contributed by atoms with Crippen LogP contribution in [0.3, 0.4) is 0 Å². The monoisotopic (exact) mass is 303 g/mol. The quantitative estimate of drug-likeness (QED) is 0.814. The molecule has 0 fully saturated rings. The van der Waals surface area contributed by atoms with Crippen LogP contribution in [0.2, 0.25) is 0 Å². The number of carbonyl (C=O) groups is 2. The second kappa shape index (κ2) is 6.34. The van der Waals surface area contributed by atoms with E-state index < -0.39 is 18.3 Å². The predicted octanol–water partition coefficient (Wildman–Crippen LogP) is 1.72. The van der Waals surface area contributed by atoms with Crippen LogP contribution >= 0.6 is 15.9 Å². The summed E-state index contributed by atoms with van der Waals surface area (Å²) >= 11 is 3.22. The molecular weight excluding hydrogens is 293 g/mol. The predicted molar refractivity (Wildman–Crippen MR) is 63.1 cm³/mol. The van der Waals surface area contributed by atoms with E-state index in [1.807, 2.05) is 0 Å². The Balaban J connectivity index is 2.43. The Bertz CT molecular complexity index is 437. The fourth-order valence-electron chi connectivity index (χ4n) is 1.27. The lowest BCUT2D eigenvalue weighted by Gasteiger charge is -2.05. The number of carbonyl (C=O) groups excluding carboxylic acids is 1. The molecule has 0 saturated heterocycles. The average molecular weight is 304 g/mol. The average Bonchev–Trinajstić information content (AvgIpc) is 2.22. The van der Waals surface area contributed by atoms with E-state index >= 15 is 0 Å². The Kier molecular flexibility index (Phi) is 5.09. The molecule has 1 aromatic carbocycles. The molecule has 0 aliphatic heterocycles. The molecule has 0 aliphatic rings. The lowest BCUT2D eigenvalue weighted by Crippen LogP contribution is -2.27. The largest absolute Gasteiger partial charge is 0.481 e. The van der Waals surface area contributed by atoms with Crippen molar-refractivity contribution in [3.05, 3.63) is 34.1 Å². The number of halogens is 2. The van der Waals surface area contributed by atoms with Crippen molar-refractivity contribution in [1.82, 2.24) is 5.32 Å². The molecule has 2 N–H and O–H groups in total. The summed E-state index contributed by atoms with van der Waals surface area (Å²) in [6.45, 7) is 0.208. The highest BCUT2D eigenvalue weighted by Gasteiger charge is 2.07. The third kappa shape index (κ3) is 4.95. The maximum atomic E-state index is 13.3. The van der Waals surface area contributed by atoms with Gasteiger partial charge >= 0.3 is 5.97 Å². The molecule has 92 valence electrons. The van der Waals surface area contributed by atoms with Crippen LogP contribution in [-0.2, 0) is 16.0 Å². The minimum absolute atomic E-state index is 0.208. The number of carboxylic acids is 1. The van der Waals surface area contributed by atoms with E-state index in [0.717, 1.165) is 4.47 Å². The van der Waals surface area contributed by atoms with Crippen LogP contribution in [0.1, 0.15) is 12.0 Å². The van der Waals surface area contributed by atoms with Gasteiger partial charge in [0.15, 0.2) is 0 Å². The number of rotatable bonds is 5. The van der Waals surface area contributed by atoms with Gasteiger partial charge in [-0.3, -0.25) is 9.59 Å². The molecule has 0 bridgehead atoms. The van der Waals surface area contributed by atoms with Crippen LogP contribution in [0.5, 0.6) is 0 Å². The molecule has 0 aromatic heterocycles. The first-order chi connectivity index (χ1) is 7.99. The Labute approximate surface area is 106 Å². The molecule has 1 amide bonds. The van der Waals surface area contributed by atoms with Crippen LogP contribution in [0.4, 0.5) is 4.39 Å². The summed E-state index contributed by atoms with van der Waals surface area (Å²) in [4.78, 5) is 21.2. The van der Waals surface area contributed by atoms with Gasteiger partial charge in [-0.2, -0.15) is 0 Å². The standard InChI is InChI=1S/C11H11BrFNO3/c12-8-1-2-9(13)7(5-8)3-4-14-10(15)6-11(16)17/h1-2,5H,3-4,6H2,(H,14,15)(H,16,17). The molecule has 17 heavy (non-hydrogen) atoms. The van der Waals surface area contributed by atoms with Crippen molar-refractivity contribution in [1.29, 1.82) is 0 Å². The topological polar surface area (TPSA) is 66.4 Å². The van der Waals surface area contributed by atoms with E-state index in [1.165, 1.54) is 6.07 Å². The van der Waals surface area contributed by atoms with Gasteiger partial charge in [-0.1, -0.05) is 15.9 Å². The SMILES string of the molecule is O=C(O)CC(=O)NCCc1cc(Br)ccc1F. The van der Waals surface area contributed by atoms with Gasteiger partial charge < -0.3 is 10.4 Å². The van der Waals surface area contributed by atoms with Crippen molar-refractivity contribution in [2.75, 3.05) is 6.54 Å². The Morgan fingerprint density at radius 2 is 2.12 bits per heavy atom. The number of aliphatic carboxylic acids is 1. The second-order valence-electron chi connectivity index (χ2n) is 3.41. The van der Waals surface area contributed by atoms with Crippen molar-refractivity contribution in [2.45, 2.75) is 12.8 Å². The molecule has 4 nitrogen and oxygen atoms in total. The number of hydrogen-bond acceptors (Lipinski definition) is 2. The van der Waals surface area contributed by atoms with Gasteiger partial charge in [-0.15, -0.1) is 0 Å². The van der Waals surface area contributed by atoms with E-state index in [1.54, 1.807) is 12.1 Å². The Morgan fingerprint density at radius 3 is 2.76 bits per heavy atom. The first-order valence-electron chi connectivity index (χ1n) is 4.91. The highest BCUT2D eigenvalue weighted by molar-refractivity contribution is 9.10. The maximum absolute atomic E-state index is 13.3. The molecule has 0 unspecified atom stereocenters. The fourth-order valence-corrected chi connectivity index (χ4v) is 1.68. The van der Waals surface area contributed by atoms with Crippen LogP contribution < -0.4 is 5.32 Å². The highest BCUT2D eigenvalue weighted by atomic mass is 79.9. The van der Waals surface area contributed by atoms with E-state index in [9.17, 15) is 14.0 Å². The minimum Gasteiger partial charge on any atom is -0.481 e. The number of benzene rings is 1. The molecule has 6 heteroatoms. The first-order valence-corrected chi connectivity index (χ1v) is 5.71. The summed E-state index contributed by atoms with van der Waals surface area (Å²) < 4.78 is 14.0. The molecule has 0 spiro atoms. The summed E-state index contributed by atoms with van der Waals surface area (Å²) in [5.74, 6) is -2.11. The van der Waals surface area contributed by atoms with Crippen LogP contribution in [0.15, 0.2) is 22.7 Å². The smallest absolute Gasteiger partial charge is 0.312 e. The van der Waals surface area contributed by atoms with Gasteiger partial charge in [0.05, 0.1) is 0 Å². The summed E-state index contributed by atoms with van der Waals surface area (Å²) in [5.41, 5.74) is 0.468. The Hall–Kier alpha value is -1.43. The number of carboxylic acid groups (broad SMARTS) is 1. The molecule has 0 atom stereocenters. The van der Waals surface area contributed by atoms with Gasteiger partial charge in [0.2, 0.25) is 5.91 Å². The molecule has 1 aromatic rings. The summed E-state index contributed by atoms with van der Waals surface area (Å²) in [6.07, 6.45) is -0.252. The minimum atomic E-state index is -1.18. The zero-order valence-corrected chi connectivity index (χ0v) is 10.5. The van der Waals surface area contributed by atoms with Crippen molar-refractivity contribution in [3.8, 4) is 0 Å². The van der Waals surface area contributed by atoms with Crippen LogP contribution in [-0.4, -0.2) is 23.5 Å². The van der Waals surface area contributed by atoms with Crippen molar-refractivity contribution >= 4 is 27.8 Å². The summed E-state index contributed by atoms with van der Waals surface area (Å²) in [6, 6.07) is 4.54. The van der Waals surface area contributed by atoms with Gasteiger partial charge in [-0.25, -0.2) is 4.39 Å². The fraction of sp³-hybridized carbons (Fsp3) is 0.273. The van der Waals surface area contributed by atoms with Gasteiger partial charge in [-0.05, 0) is 30.2 Å². The van der Waals surface area contributed by atoms with E-state index in [-0.39, 0.29) is 12.4 Å². The molecular formula is C11H11BrFNO3. The van der Waals surface area contributed by atoms with Crippen LogP contribution in [0.25, 0.3) is 0 Å². The third-order valence-corrected chi connectivity index (χ3v) is 2.53. The number of hydrogen-bond donors (Lipinski definition) is 2. The molecule has 0 saturated carbocycles. The highest BCUT2D eigenvalue weighted by Crippen LogP contribution is 2.15. The first kappa shape index (κ1) is 13.6. The van der Waals surface area contributed by atoms with E-state index in [2.05, 4.69) is 21.2 Å². The molecule has 0 aliphatic carbocycles. The normalized spacial score (nSPS) is 10.0. The number of nitrogens with one attached hydrogen (secondary N) is 1. The molecule has 0 heterocycles. The lowest BCUT2D eigenvalue weighted by atomic mass is 10.1. The Morgan fingerprint density at radius 1 is 1.41 bits per heavy atom. The van der Waals surface area contributed by atoms with Crippen molar-refractivity contribution in [2.24, 2.45) is 0 Å². The number of amides is 1. The van der Waals surface area contributed by atoms with Gasteiger partial charge in [0.25, 0.3) is 0 Å². The van der Waals surface area contributed by atoms with Crippen molar-refractivity contribution in [3.63, 3.8) is 0 Å². The van der Waals surface area contributed by atoms with E-state index in [0.29, 0.717) is 12.0 Å².